The van der Waals surface area contributed by atoms with Crippen LogP contribution in [0, 0.1) is 5.41 Å². The molecule has 1 unspecified atom stereocenters. The zero-order valence-electron chi connectivity index (χ0n) is 17.9. The van der Waals surface area contributed by atoms with Crippen LogP contribution in [-0.2, 0) is 11.3 Å². The van der Waals surface area contributed by atoms with Crippen LogP contribution in [0.3, 0.4) is 0 Å². The number of carbonyl (C=O) groups excluding carboxylic acids is 1. The van der Waals surface area contributed by atoms with Gasteiger partial charge in [0.25, 0.3) is 5.91 Å². The highest BCUT2D eigenvalue weighted by Gasteiger charge is 2.24. The van der Waals surface area contributed by atoms with Gasteiger partial charge in [-0.15, -0.1) is 0 Å². The summed E-state index contributed by atoms with van der Waals surface area (Å²) in [5, 5.41) is 15.3. The first kappa shape index (κ1) is 23.1. The Kier molecular flexibility index (Phi) is 7.18. The standard InChI is InChI=1S/C25H25Cl2N5O/c26-20-8-2-1-7-19(20)24(30-17-6-3-5-16(13-17)15-28)25(33)31-18-10-11-22(21(27)14-18)32-12-4-9-23(32)29/h1-3,5-8,10-11,13-14,24,29-30H,4,9,12,15,28H2,(H,31,33). The minimum atomic E-state index is -0.739. The van der Waals surface area contributed by atoms with Gasteiger partial charge in [0.15, 0.2) is 0 Å². The molecule has 6 nitrogen and oxygen atoms in total. The summed E-state index contributed by atoms with van der Waals surface area (Å²) in [6.07, 6.45) is 1.68. The van der Waals surface area contributed by atoms with Crippen LogP contribution in [0.4, 0.5) is 17.1 Å². The highest BCUT2D eigenvalue weighted by molar-refractivity contribution is 6.34. The molecule has 1 atom stereocenters. The predicted molar refractivity (Wildman–Crippen MR) is 137 cm³/mol. The van der Waals surface area contributed by atoms with Gasteiger partial charge >= 0.3 is 0 Å². The lowest BCUT2D eigenvalue weighted by molar-refractivity contribution is -0.117. The molecular formula is C25H25Cl2N5O. The number of nitrogens with one attached hydrogen (secondary N) is 3. The van der Waals surface area contributed by atoms with Crippen molar-refractivity contribution in [1.82, 2.24) is 0 Å². The van der Waals surface area contributed by atoms with E-state index in [1.165, 1.54) is 0 Å². The van der Waals surface area contributed by atoms with Gasteiger partial charge < -0.3 is 21.3 Å². The molecule has 0 radical (unpaired) electrons. The fourth-order valence-electron chi connectivity index (χ4n) is 3.91. The Bertz CT molecular complexity index is 1180. The topological polar surface area (TPSA) is 94.2 Å². The maximum atomic E-state index is 13.4. The Morgan fingerprint density at radius 1 is 1.03 bits per heavy atom. The van der Waals surface area contributed by atoms with Crippen LogP contribution < -0.4 is 21.3 Å². The number of halogens is 2. The average Bonchev–Trinajstić information content (AvgIpc) is 3.24. The molecule has 1 saturated heterocycles. The predicted octanol–water partition coefficient (Wildman–Crippen LogP) is 5.82. The molecule has 8 heteroatoms. The lowest BCUT2D eigenvalue weighted by Gasteiger charge is -2.22. The largest absolute Gasteiger partial charge is 0.370 e. The number of nitrogens with two attached hydrogens (primary N) is 1. The lowest BCUT2D eigenvalue weighted by atomic mass is 10.0. The maximum Gasteiger partial charge on any atom is 0.251 e. The van der Waals surface area contributed by atoms with E-state index in [-0.39, 0.29) is 5.91 Å². The van der Waals surface area contributed by atoms with Crippen LogP contribution in [-0.4, -0.2) is 18.3 Å². The monoisotopic (exact) mass is 481 g/mol. The number of amidine groups is 1. The number of anilines is 3. The Hall–Kier alpha value is -3.06. The van der Waals surface area contributed by atoms with E-state index >= 15 is 0 Å². The first-order valence-corrected chi connectivity index (χ1v) is 11.5. The minimum Gasteiger partial charge on any atom is -0.370 e. The molecule has 0 aromatic heterocycles. The minimum absolute atomic E-state index is 0.279. The van der Waals surface area contributed by atoms with Crippen molar-refractivity contribution in [3.05, 3.63) is 87.9 Å². The molecule has 1 fully saturated rings. The Labute approximate surface area is 203 Å². The highest BCUT2D eigenvalue weighted by atomic mass is 35.5. The van der Waals surface area contributed by atoms with Gasteiger partial charge in [-0.25, -0.2) is 0 Å². The zero-order valence-corrected chi connectivity index (χ0v) is 19.5. The summed E-state index contributed by atoms with van der Waals surface area (Å²) < 4.78 is 0. The molecule has 0 spiro atoms. The summed E-state index contributed by atoms with van der Waals surface area (Å²) in [5.41, 5.74) is 9.48. The number of carbonyl (C=O) groups is 1. The van der Waals surface area contributed by atoms with Crippen molar-refractivity contribution in [2.75, 3.05) is 22.1 Å². The highest BCUT2D eigenvalue weighted by Crippen LogP contribution is 2.33. The molecule has 1 aliphatic heterocycles. The molecule has 4 rings (SSSR count). The number of nitrogens with zero attached hydrogens (tertiary/aromatic N) is 1. The second-order valence-electron chi connectivity index (χ2n) is 7.86. The number of amides is 1. The van der Waals surface area contributed by atoms with Crippen LogP contribution >= 0.6 is 23.2 Å². The zero-order chi connectivity index (χ0) is 23.4. The van der Waals surface area contributed by atoms with Crippen LogP contribution in [0.1, 0.15) is 30.0 Å². The summed E-state index contributed by atoms with van der Waals surface area (Å²) in [5.74, 6) is 0.273. The SMILES string of the molecule is N=C1CCCN1c1ccc(NC(=O)C(Nc2cccc(CN)c2)c2ccccc2Cl)cc1Cl. The number of hydrogen-bond donors (Lipinski definition) is 4. The van der Waals surface area contributed by atoms with Gasteiger partial charge in [-0.05, 0) is 48.4 Å². The third-order valence-corrected chi connectivity index (χ3v) is 6.23. The van der Waals surface area contributed by atoms with E-state index in [1.54, 1.807) is 18.2 Å². The lowest BCUT2D eigenvalue weighted by Crippen LogP contribution is -2.28. The van der Waals surface area contributed by atoms with Gasteiger partial charge in [0, 0.05) is 41.5 Å². The van der Waals surface area contributed by atoms with Crippen molar-refractivity contribution < 1.29 is 4.79 Å². The fraction of sp³-hybridized carbons (Fsp3) is 0.200. The summed E-state index contributed by atoms with van der Waals surface area (Å²) in [6.45, 7) is 1.17. The second-order valence-corrected chi connectivity index (χ2v) is 8.68. The Morgan fingerprint density at radius 2 is 1.85 bits per heavy atom. The van der Waals surface area contributed by atoms with Crippen molar-refractivity contribution in [2.24, 2.45) is 5.73 Å². The molecule has 5 N–H and O–H groups in total. The summed E-state index contributed by atoms with van der Waals surface area (Å²) in [6, 6.07) is 19.5. The Balaban J connectivity index is 1.59. The average molecular weight is 482 g/mol. The van der Waals surface area contributed by atoms with Crippen LogP contribution in [0.15, 0.2) is 66.7 Å². The number of hydrogen-bond acceptors (Lipinski definition) is 4. The molecule has 0 saturated carbocycles. The van der Waals surface area contributed by atoms with E-state index in [1.807, 2.05) is 53.4 Å². The van der Waals surface area contributed by atoms with Crippen LogP contribution in [0.5, 0.6) is 0 Å². The molecule has 3 aromatic carbocycles. The van der Waals surface area contributed by atoms with E-state index in [4.69, 9.17) is 34.3 Å². The molecule has 33 heavy (non-hydrogen) atoms. The first-order chi connectivity index (χ1) is 16.0. The molecule has 1 amide bonds. The van der Waals surface area contributed by atoms with Gasteiger partial charge in [-0.1, -0.05) is 53.5 Å². The summed E-state index contributed by atoms with van der Waals surface area (Å²) in [4.78, 5) is 15.3. The van der Waals surface area contributed by atoms with E-state index < -0.39 is 6.04 Å². The van der Waals surface area contributed by atoms with Crippen molar-refractivity contribution >= 4 is 52.0 Å². The van der Waals surface area contributed by atoms with Crippen LogP contribution in [0.25, 0.3) is 0 Å². The van der Waals surface area contributed by atoms with E-state index in [0.29, 0.717) is 33.7 Å². The second kappa shape index (κ2) is 10.3. The molecule has 1 heterocycles. The first-order valence-electron chi connectivity index (χ1n) is 10.7. The molecule has 0 aliphatic carbocycles. The van der Waals surface area contributed by atoms with E-state index in [0.717, 1.165) is 36.3 Å². The quantitative estimate of drug-likeness (QED) is 0.341. The molecule has 1 aliphatic rings. The molecule has 0 bridgehead atoms. The third kappa shape index (κ3) is 5.30. The third-order valence-electron chi connectivity index (χ3n) is 5.58. The van der Waals surface area contributed by atoms with Gasteiger partial charge in [0.1, 0.15) is 11.9 Å². The van der Waals surface area contributed by atoms with E-state index in [9.17, 15) is 4.79 Å². The van der Waals surface area contributed by atoms with Crippen molar-refractivity contribution in [3.63, 3.8) is 0 Å². The molecular weight excluding hydrogens is 457 g/mol. The molecule has 170 valence electrons. The van der Waals surface area contributed by atoms with E-state index in [2.05, 4.69) is 10.6 Å². The smallest absolute Gasteiger partial charge is 0.251 e. The fourth-order valence-corrected chi connectivity index (χ4v) is 4.43. The Morgan fingerprint density at radius 3 is 2.55 bits per heavy atom. The van der Waals surface area contributed by atoms with Gasteiger partial charge in [0.2, 0.25) is 0 Å². The number of benzene rings is 3. The number of rotatable bonds is 7. The van der Waals surface area contributed by atoms with Crippen molar-refractivity contribution in [1.29, 1.82) is 5.41 Å². The van der Waals surface area contributed by atoms with Gasteiger partial charge in [0.05, 0.1) is 10.7 Å². The van der Waals surface area contributed by atoms with Crippen LogP contribution in [0.2, 0.25) is 10.0 Å². The normalized spacial score (nSPS) is 14.3. The van der Waals surface area contributed by atoms with Gasteiger partial charge in [-0.3, -0.25) is 10.2 Å². The summed E-state index contributed by atoms with van der Waals surface area (Å²) >= 11 is 12.9. The maximum absolute atomic E-state index is 13.4. The van der Waals surface area contributed by atoms with Crippen molar-refractivity contribution in [2.45, 2.75) is 25.4 Å². The van der Waals surface area contributed by atoms with Crippen molar-refractivity contribution in [3.8, 4) is 0 Å². The summed E-state index contributed by atoms with van der Waals surface area (Å²) in [7, 11) is 0. The molecule has 3 aromatic rings. The van der Waals surface area contributed by atoms with Gasteiger partial charge in [-0.2, -0.15) is 0 Å².